The Morgan fingerprint density at radius 1 is 1.03 bits per heavy atom. The molecule has 1 aromatic heterocycles. The lowest BCUT2D eigenvalue weighted by molar-refractivity contribution is 0.0916. The minimum absolute atomic E-state index is 0.0774. The zero-order valence-electron chi connectivity index (χ0n) is 18.5. The van der Waals surface area contributed by atoms with Crippen molar-refractivity contribution in [3.63, 3.8) is 0 Å². The normalized spacial score (nSPS) is 11.9. The molecular weight excluding hydrogens is 396 g/mol. The number of hydrogen-bond acceptors (Lipinski definition) is 5. The number of fused-ring (bicyclic) bond motifs is 1. The summed E-state index contributed by atoms with van der Waals surface area (Å²) in [5.41, 5.74) is 2.17. The van der Waals surface area contributed by atoms with Crippen molar-refractivity contribution < 1.29 is 24.1 Å². The Balaban J connectivity index is 1.80. The highest BCUT2D eigenvalue weighted by atomic mass is 16.5. The van der Waals surface area contributed by atoms with Crippen molar-refractivity contribution >= 4 is 16.8 Å². The van der Waals surface area contributed by atoms with Crippen LogP contribution in [0.4, 0.5) is 0 Å². The number of aryl methyl sites for hydroxylation is 1. The maximum Gasteiger partial charge on any atom is 0.251 e. The van der Waals surface area contributed by atoms with Gasteiger partial charge in [0.25, 0.3) is 5.91 Å². The van der Waals surface area contributed by atoms with E-state index in [1.54, 1.807) is 12.1 Å². The van der Waals surface area contributed by atoms with Crippen LogP contribution in [-0.4, -0.2) is 41.9 Å². The standard InChI is InChI=1S/C24H30N2O5/c1-5-29-21-12-16(13-22(30-6-2)23(21)31-7-3)24(28)25-14-20(27)18-15-26(4)19-11-9-8-10-17(18)19/h8-13,15,20,27H,5-7,14H2,1-4H3,(H,25,28). The molecule has 2 aromatic carbocycles. The topological polar surface area (TPSA) is 82.0 Å². The summed E-state index contributed by atoms with van der Waals surface area (Å²) in [5.74, 6) is 1.06. The summed E-state index contributed by atoms with van der Waals surface area (Å²) in [6.07, 6.45) is 1.05. The smallest absolute Gasteiger partial charge is 0.251 e. The molecule has 1 amide bonds. The van der Waals surface area contributed by atoms with Gasteiger partial charge in [-0.15, -0.1) is 0 Å². The number of nitrogens with zero attached hydrogens (tertiary/aromatic N) is 1. The highest BCUT2D eigenvalue weighted by Gasteiger charge is 2.20. The predicted molar refractivity (Wildman–Crippen MR) is 120 cm³/mol. The number of carbonyl (C=O) groups is 1. The van der Waals surface area contributed by atoms with Crippen molar-refractivity contribution in [1.29, 1.82) is 0 Å². The first-order valence-electron chi connectivity index (χ1n) is 10.6. The first-order chi connectivity index (χ1) is 15.0. The molecule has 0 bridgehead atoms. The highest BCUT2D eigenvalue weighted by molar-refractivity contribution is 5.95. The van der Waals surface area contributed by atoms with E-state index in [0.29, 0.717) is 42.6 Å². The molecule has 166 valence electrons. The zero-order chi connectivity index (χ0) is 22.4. The Morgan fingerprint density at radius 3 is 2.26 bits per heavy atom. The van der Waals surface area contributed by atoms with E-state index in [0.717, 1.165) is 16.5 Å². The third kappa shape index (κ3) is 4.94. The molecule has 2 N–H and O–H groups in total. The number of nitrogens with one attached hydrogen (secondary N) is 1. The highest BCUT2D eigenvalue weighted by Crippen LogP contribution is 2.39. The number of carbonyl (C=O) groups excluding carboxylic acids is 1. The number of aliphatic hydroxyl groups is 1. The summed E-state index contributed by atoms with van der Waals surface area (Å²) in [4.78, 5) is 12.9. The van der Waals surface area contributed by atoms with E-state index in [1.807, 2.05) is 62.8 Å². The minimum atomic E-state index is -0.838. The SMILES string of the molecule is CCOc1cc(C(=O)NCC(O)c2cn(C)c3ccccc23)cc(OCC)c1OCC. The van der Waals surface area contributed by atoms with Crippen LogP contribution in [0.15, 0.2) is 42.6 Å². The minimum Gasteiger partial charge on any atom is -0.490 e. The number of benzene rings is 2. The van der Waals surface area contributed by atoms with Gasteiger partial charge in [-0.3, -0.25) is 4.79 Å². The zero-order valence-corrected chi connectivity index (χ0v) is 18.5. The number of para-hydroxylation sites is 1. The maximum atomic E-state index is 12.9. The third-order valence-corrected chi connectivity index (χ3v) is 4.91. The second-order valence-electron chi connectivity index (χ2n) is 7.04. The van der Waals surface area contributed by atoms with E-state index < -0.39 is 6.10 Å². The molecule has 7 heteroatoms. The summed E-state index contributed by atoms with van der Waals surface area (Å²) in [6, 6.07) is 11.1. The first-order valence-corrected chi connectivity index (χ1v) is 10.6. The number of ether oxygens (including phenoxy) is 3. The fraction of sp³-hybridized carbons (Fsp3) is 0.375. The molecule has 1 unspecified atom stereocenters. The average molecular weight is 427 g/mol. The average Bonchev–Trinajstić information content (AvgIpc) is 3.11. The Morgan fingerprint density at radius 2 is 1.65 bits per heavy atom. The molecular formula is C24H30N2O5. The number of rotatable bonds is 10. The summed E-state index contributed by atoms with van der Waals surface area (Å²) in [5, 5.41) is 14.5. The van der Waals surface area contributed by atoms with Crippen molar-refractivity contribution in [3.05, 3.63) is 53.7 Å². The molecule has 3 aromatic rings. The van der Waals surface area contributed by atoms with Gasteiger partial charge in [-0.25, -0.2) is 0 Å². The van der Waals surface area contributed by atoms with Gasteiger partial charge < -0.3 is 29.2 Å². The molecule has 0 saturated heterocycles. The van der Waals surface area contributed by atoms with Crippen LogP contribution in [-0.2, 0) is 7.05 Å². The lowest BCUT2D eigenvalue weighted by atomic mass is 10.1. The summed E-state index contributed by atoms with van der Waals surface area (Å²) in [7, 11) is 1.93. The number of amides is 1. The summed E-state index contributed by atoms with van der Waals surface area (Å²) < 4.78 is 19.0. The number of aromatic nitrogens is 1. The first kappa shape index (κ1) is 22.5. The van der Waals surface area contributed by atoms with Gasteiger partial charge in [-0.05, 0) is 39.0 Å². The van der Waals surface area contributed by atoms with E-state index in [1.165, 1.54) is 0 Å². The molecule has 0 radical (unpaired) electrons. The molecule has 0 spiro atoms. The van der Waals surface area contributed by atoms with Gasteiger partial charge in [0.1, 0.15) is 0 Å². The fourth-order valence-electron chi connectivity index (χ4n) is 3.56. The van der Waals surface area contributed by atoms with Crippen molar-refractivity contribution in [2.45, 2.75) is 26.9 Å². The largest absolute Gasteiger partial charge is 0.490 e. The maximum absolute atomic E-state index is 12.9. The lowest BCUT2D eigenvalue weighted by Gasteiger charge is -2.17. The predicted octanol–water partition coefficient (Wildman–Crippen LogP) is 3.84. The van der Waals surface area contributed by atoms with Crippen LogP contribution < -0.4 is 19.5 Å². The van der Waals surface area contributed by atoms with E-state index in [-0.39, 0.29) is 12.5 Å². The van der Waals surface area contributed by atoms with Gasteiger partial charge in [0.2, 0.25) is 5.75 Å². The molecule has 0 aliphatic rings. The van der Waals surface area contributed by atoms with Crippen molar-refractivity contribution in [2.24, 2.45) is 7.05 Å². The molecule has 3 rings (SSSR count). The van der Waals surface area contributed by atoms with Crippen LogP contribution in [0, 0.1) is 0 Å². The van der Waals surface area contributed by atoms with E-state index in [9.17, 15) is 9.90 Å². The molecule has 0 fully saturated rings. The Labute approximate surface area is 182 Å². The Kier molecular flexibility index (Phi) is 7.41. The Bertz CT molecular complexity index is 1020. The van der Waals surface area contributed by atoms with Crippen molar-refractivity contribution in [2.75, 3.05) is 26.4 Å². The van der Waals surface area contributed by atoms with Crippen LogP contribution in [0.2, 0.25) is 0 Å². The molecule has 0 aliphatic carbocycles. The molecule has 1 atom stereocenters. The van der Waals surface area contributed by atoms with E-state index >= 15 is 0 Å². The lowest BCUT2D eigenvalue weighted by Crippen LogP contribution is -2.28. The number of aliphatic hydroxyl groups excluding tert-OH is 1. The van der Waals surface area contributed by atoms with Gasteiger partial charge in [-0.1, -0.05) is 18.2 Å². The van der Waals surface area contributed by atoms with Crippen LogP contribution in [0.25, 0.3) is 10.9 Å². The molecule has 0 aliphatic heterocycles. The molecule has 0 saturated carbocycles. The van der Waals surface area contributed by atoms with Crippen LogP contribution in [0.1, 0.15) is 42.8 Å². The van der Waals surface area contributed by atoms with Gasteiger partial charge >= 0.3 is 0 Å². The van der Waals surface area contributed by atoms with Crippen LogP contribution >= 0.6 is 0 Å². The van der Waals surface area contributed by atoms with Gasteiger partial charge in [0.15, 0.2) is 11.5 Å². The van der Waals surface area contributed by atoms with Crippen LogP contribution in [0.5, 0.6) is 17.2 Å². The van der Waals surface area contributed by atoms with Gasteiger partial charge in [0, 0.05) is 41.8 Å². The van der Waals surface area contributed by atoms with Crippen LogP contribution in [0.3, 0.4) is 0 Å². The monoisotopic (exact) mass is 426 g/mol. The third-order valence-electron chi connectivity index (χ3n) is 4.91. The second kappa shape index (κ2) is 10.2. The fourth-order valence-corrected chi connectivity index (χ4v) is 3.56. The molecule has 1 heterocycles. The summed E-state index contributed by atoms with van der Waals surface area (Å²) >= 11 is 0. The summed E-state index contributed by atoms with van der Waals surface area (Å²) in [6.45, 7) is 6.98. The van der Waals surface area contributed by atoms with E-state index in [4.69, 9.17) is 14.2 Å². The van der Waals surface area contributed by atoms with E-state index in [2.05, 4.69) is 5.32 Å². The van der Waals surface area contributed by atoms with Gasteiger partial charge in [-0.2, -0.15) is 0 Å². The quantitative estimate of drug-likeness (QED) is 0.515. The molecule has 7 nitrogen and oxygen atoms in total. The number of hydrogen-bond donors (Lipinski definition) is 2. The van der Waals surface area contributed by atoms with Crippen molar-refractivity contribution in [1.82, 2.24) is 9.88 Å². The second-order valence-corrected chi connectivity index (χ2v) is 7.04. The molecule has 31 heavy (non-hydrogen) atoms. The van der Waals surface area contributed by atoms with Gasteiger partial charge in [0.05, 0.1) is 25.9 Å². The Hall–Kier alpha value is -3.19. The van der Waals surface area contributed by atoms with Crippen molar-refractivity contribution in [3.8, 4) is 17.2 Å².